The molecule has 0 amide bonds. The van der Waals surface area contributed by atoms with Crippen LogP contribution in [0.15, 0.2) is 96.6 Å². The van der Waals surface area contributed by atoms with E-state index in [9.17, 15) is 0 Å². The van der Waals surface area contributed by atoms with Crippen LogP contribution in [0.4, 0.5) is 0 Å². The molecule has 1 aliphatic carbocycles. The molecule has 0 atom stereocenters. The van der Waals surface area contributed by atoms with E-state index in [1.54, 1.807) is 0 Å². The van der Waals surface area contributed by atoms with Gasteiger partial charge in [-0.05, 0) is 64.8 Å². The summed E-state index contributed by atoms with van der Waals surface area (Å²) in [4.78, 5) is 0. The van der Waals surface area contributed by atoms with Gasteiger partial charge in [-0.15, -0.1) is 0 Å². The molecule has 0 aliphatic heterocycles. The molecule has 138 valence electrons. The molecule has 0 aromatic heterocycles. The van der Waals surface area contributed by atoms with Crippen molar-refractivity contribution in [2.45, 2.75) is 27.2 Å². The fourth-order valence-electron chi connectivity index (χ4n) is 4.19. The molecule has 0 N–H and O–H groups in total. The first-order valence-electron chi connectivity index (χ1n) is 10.1. The molecule has 28 heavy (non-hydrogen) atoms. The Bertz CT molecular complexity index is 1040. The van der Waals surface area contributed by atoms with Crippen LogP contribution < -0.4 is 0 Å². The fraction of sp³-hybridized carbons (Fsp3) is 0.143. The minimum Gasteiger partial charge on any atom is -0.0791 e. The summed E-state index contributed by atoms with van der Waals surface area (Å²) in [5.74, 6) is 0. The number of rotatable bonds is 3. The number of fused-ring (bicyclic) bond motifs is 1. The van der Waals surface area contributed by atoms with Crippen molar-refractivity contribution in [2.75, 3.05) is 0 Å². The van der Waals surface area contributed by atoms with E-state index in [1.165, 1.54) is 50.1 Å². The van der Waals surface area contributed by atoms with E-state index in [0.717, 1.165) is 6.42 Å². The van der Waals surface area contributed by atoms with Gasteiger partial charge in [-0.1, -0.05) is 104 Å². The normalized spacial score (nSPS) is 15.9. The second kappa shape index (κ2) is 7.86. The maximum Gasteiger partial charge on any atom is -0.00176 e. The summed E-state index contributed by atoms with van der Waals surface area (Å²) >= 11 is 0. The van der Waals surface area contributed by atoms with Crippen LogP contribution in [0.3, 0.4) is 0 Å². The quantitative estimate of drug-likeness (QED) is 0.447. The third-order valence-electron chi connectivity index (χ3n) is 5.37. The van der Waals surface area contributed by atoms with Gasteiger partial charge in [0.2, 0.25) is 0 Å². The van der Waals surface area contributed by atoms with E-state index in [-0.39, 0.29) is 0 Å². The molecule has 1 aliphatic rings. The zero-order chi connectivity index (χ0) is 19.5. The Kier molecular flexibility index (Phi) is 5.12. The third-order valence-corrected chi connectivity index (χ3v) is 5.37. The first kappa shape index (κ1) is 18.3. The van der Waals surface area contributed by atoms with E-state index in [2.05, 4.69) is 112 Å². The largest absolute Gasteiger partial charge is 0.0791 e. The minimum atomic E-state index is 1.01. The van der Waals surface area contributed by atoms with Gasteiger partial charge in [0.05, 0.1) is 0 Å². The molecule has 0 nitrogen and oxygen atoms in total. The van der Waals surface area contributed by atoms with Crippen LogP contribution >= 0.6 is 0 Å². The molecule has 0 radical (unpaired) electrons. The summed E-state index contributed by atoms with van der Waals surface area (Å²) in [6.07, 6.45) is 5.65. The van der Waals surface area contributed by atoms with Gasteiger partial charge in [-0.2, -0.15) is 0 Å². The number of aryl methyl sites for hydroxylation is 1. The highest BCUT2D eigenvalue weighted by Crippen LogP contribution is 2.50. The van der Waals surface area contributed by atoms with Crippen molar-refractivity contribution in [1.29, 1.82) is 0 Å². The van der Waals surface area contributed by atoms with E-state index < -0.39 is 0 Å². The van der Waals surface area contributed by atoms with Crippen LogP contribution in [0.5, 0.6) is 0 Å². The topological polar surface area (TPSA) is 0 Å². The van der Waals surface area contributed by atoms with E-state index in [0.29, 0.717) is 0 Å². The van der Waals surface area contributed by atoms with Crippen LogP contribution in [-0.2, 0) is 0 Å². The van der Waals surface area contributed by atoms with E-state index in [4.69, 9.17) is 0 Å². The second-order valence-electron chi connectivity index (χ2n) is 7.26. The second-order valence-corrected chi connectivity index (χ2v) is 7.26. The standard InChI is InChI=1S/C28H26/c1-4-12-25-23(5-2)24-18-17-20(3)19-26(24)28(25)27(21-13-8-6-9-14-21)22-15-10-7-11-16-22/h5-19H,4H2,1-3H3/b23-5-,25-12+. The predicted molar refractivity (Wildman–Crippen MR) is 122 cm³/mol. The Morgan fingerprint density at radius 2 is 1.36 bits per heavy atom. The van der Waals surface area contributed by atoms with Gasteiger partial charge in [-0.25, -0.2) is 0 Å². The number of hydrogen-bond donors (Lipinski definition) is 0. The van der Waals surface area contributed by atoms with Crippen molar-refractivity contribution in [3.8, 4) is 0 Å². The lowest BCUT2D eigenvalue weighted by Crippen LogP contribution is -1.95. The average molecular weight is 363 g/mol. The highest BCUT2D eigenvalue weighted by molar-refractivity contribution is 6.17. The molecular formula is C28H26. The molecule has 0 fully saturated rings. The molecule has 4 rings (SSSR count). The van der Waals surface area contributed by atoms with Crippen molar-refractivity contribution < 1.29 is 0 Å². The molecule has 3 aromatic carbocycles. The maximum absolute atomic E-state index is 2.38. The Morgan fingerprint density at radius 3 is 1.89 bits per heavy atom. The molecule has 0 heterocycles. The molecule has 0 saturated heterocycles. The van der Waals surface area contributed by atoms with Crippen molar-refractivity contribution in [3.05, 3.63) is 124 Å². The van der Waals surface area contributed by atoms with Gasteiger partial charge in [0.25, 0.3) is 0 Å². The summed E-state index contributed by atoms with van der Waals surface area (Å²) in [7, 11) is 0. The Hall–Kier alpha value is -3.12. The maximum atomic E-state index is 2.38. The minimum absolute atomic E-state index is 1.01. The Morgan fingerprint density at radius 1 is 0.750 bits per heavy atom. The zero-order valence-electron chi connectivity index (χ0n) is 16.9. The van der Waals surface area contributed by atoms with Gasteiger partial charge in [0, 0.05) is 0 Å². The molecule has 0 bridgehead atoms. The van der Waals surface area contributed by atoms with Crippen molar-refractivity contribution in [1.82, 2.24) is 0 Å². The first-order valence-corrected chi connectivity index (χ1v) is 10.1. The molecule has 3 aromatic rings. The van der Waals surface area contributed by atoms with Crippen LogP contribution in [0.2, 0.25) is 0 Å². The van der Waals surface area contributed by atoms with E-state index >= 15 is 0 Å². The monoisotopic (exact) mass is 362 g/mol. The van der Waals surface area contributed by atoms with Gasteiger partial charge in [0.1, 0.15) is 0 Å². The molecular weight excluding hydrogens is 336 g/mol. The van der Waals surface area contributed by atoms with Crippen LogP contribution in [-0.4, -0.2) is 0 Å². The van der Waals surface area contributed by atoms with Gasteiger partial charge < -0.3 is 0 Å². The zero-order valence-corrected chi connectivity index (χ0v) is 16.9. The van der Waals surface area contributed by atoms with Crippen LogP contribution in [0, 0.1) is 6.92 Å². The van der Waals surface area contributed by atoms with E-state index in [1.807, 2.05) is 0 Å². The van der Waals surface area contributed by atoms with Crippen molar-refractivity contribution >= 4 is 16.7 Å². The number of allylic oxidation sites excluding steroid dienone is 5. The molecule has 0 saturated carbocycles. The summed E-state index contributed by atoms with van der Waals surface area (Å²) in [5, 5.41) is 0. The molecule has 0 spiro atoms. The summed E-state index contributed by atoms with van der Waals surface area (Å²) < 4.78 is 0. The van der Waals surface area contributed by atoms with Gasteiger partial charge in [-0.3, -0.25) is 0 Å². The van der Waals surface area contributed by atoms with Crippen LogP contribution in [0.25, 0.3) is 16.7 Å². The lowest BCUT2D eigenvalue weighted by molar-refractivity contribution is 1.22. The average Bonchev–Trinajstić information content (AvgIpc) is 3.02. The molecule has 0 unspecified atom stereocenters. The lowest BCUT2D eigenvalue weighted by atomic mass is 9.88. The SMILES string of the molecule is C/C=C1\C(=C/CC)C(=C(c2ccccc2)c2ccccc2)c2cc(C)ccc21. The Labute approximate surface area is 168 Å². The summed E-state index contributed by atoms with van der Waals surface area (Å²) in [6.45, 7) is 6.55. The third kappa shape index (κ3) is 3.16. The van der Waals surface area contributed by atoms with Crippen molar-refractivity contribution in [2.24, 2.45) is 0 Å². The summed E-state index contributed by atoms with van der Waals surface area (Å²) in [6, 6.07) is 28.4. The van der Waals surface area contributed by atoms with Crippen molar-refractivity contribution in [3.63, 3.8) is 0 Å². The first-order chi connectivity index (χ1) is 13.7. The number of benzene rings is 3. The summed E-state index contributed by atoms with van der Waals surface area (Å²) in [5.41, 5.74) is 11.9. The Balaban J connectivity index is 2.15. The lowest BCUT2D eigenvalue weighted by Gasteiger charge is -2.16. The fourth-order valence-corrected chi connectivity index (χ4v) is 4.19. The predicted octanol–water partition coefficient (Wildman–Crippen LogP) is 7.71. The van der Waals surface area contributed by atoms with Gasteiger partial charge in [0.15, 0.2) is 0 Å². The highest BCUT2D eigenvalue weighted by Gasteiger charge is 2.29. The highest BCUT2D eigenvalue weighted by atomic mass is 14.3. The molecule has 0 heteroatoms. The van der Waals surface area contributed by atoms with Gasteiger partial charge >= 0.3 is 0 Å². The van der Waals surface area contributed by atoms with Crippen LogP contribution in [0.1, 0.15) is 48.1 Å². The number of hydrogen-bond acceptors (Lipinski definition) is 0. The smallest absolute Gasteiger partial charge is 0.00176 e.